The summed E-state index contributed by atoms with van der Waals surface area (Å²) in [4.78, 5) is 9.73. The number of halogens is 6. The van der Waals surface area contributed by atoms with Gasteiger partial charge in [0.15, 0.2) is 6.61 Å². The largest absolute Gasteiger partial charge is 0.480 e. The van der Waals surface area contributed by atoms with E-state index in [1.54, 1.807) is 0 Å². The number of aliphatic carboxylic acids is 1. The zero-order chi connectivity index (χ0) is 12.2. The van der Waals surface area contributed by atoms with Gasteiger partial charge in [0.1, 0.15) is 0 Å². The lowest BCUT2D eigenvalue weighted by molar-refractivity contribution is -0.225. The minimum absolute atomic E-state index is 1.66. The van der Waals surface area contributed by atoms with Crippen molar-refractivity contribution in [1.29, 1.82) is 0 Å². The smallest absolute Gasteiger partial charge is 0.412 e. The minimum atomic E-state index is -5.03. The highest BCUT2D eigenvalue weighted by Gasteiger charge is 2.42. The van der Waals surface area contributed by atoms with E-state index >= 15 is 0 Å². The normalized spacial score (nSPS) is 14.1. The highest BCUT2D eigenvalue weighted by Crippen LogP contribution is 2.31. The van der Waals surface area contributed by atoms with Crippen LogP contribution >= 0.6 is 0 Å². The van der Waals surface area contributed by atoms with Gasteiger partial charge in [0.05, 0.1) is 0 Å². The molecule has 0 aliphatic heterocycles. The summed E-state index contributed by atoms with van der Waals surface area (Å²) in [7, 11) is 0. The molecule has 15 heavy (non-hydrogen) atoms. The molecule has 0 aromatic heterocycles. The van der Waals surface area contributed by atoms with Gasteiger partial charge in [-0.3, -0.25) is 0 Å². The Kier molecular flexibility index (Phi) is 4.59. The number of carboxylic acid groups (broad SMARTS) is 1. The van der Waals surface area contributed by atoms with E-state index < -0.39 is 36.8 Å². The zero-order valence-corrected chi connectivity index (χ0v) is 6.82. The van der Waals surface area contributed by atoms with Gasteiger partial charge in [-0.05, 0) is 0 Å². The van der Waals surface area contributed by atoms with E-state index in [1.165, 1.54) is 0 Å². The Bertz CT molecular complexity index is 274. The van der Waals surface area contributed by atoms with Gasteiger partial charge in [0.2, 0.25) is 11.7 Å². The van der Waals surface area contributed by atoms with Crippen LogP contribution in [0.5, 0.6) is 0 Å². The third kappa shape index (κ3) is 4.19. The van der Waals surface area contributed by atoms with Crippen LogP contribution in [-0.2, 0) is 9.53 Å². The summed E-state index contributed by atoms with van der Waals surface area (Å²) in [6.07, 6.45) is -9.09. The molecular weight excluding hydrogens is 234 g/mol. The maximum Gasteiger partial charge on any atom is 0.412 e. The lowest BCUT2D eigenvalue weighted by Gasteiger charge is -2.13. The van der Waals surface area contributed by atoms with Crippen molar-refractivity contribution in [3.63, 3.8) is 0 Å². The molecule has 3 nitrogen and oxygen atoms in total. The molecular formula is C6H4F6O3. The molecule has 0 fully saturated rings. The predicted octanol–water partition coefficient (Wildman–Crippen LogP) is 2.10. The first-order valence-electron chi connectivity index (χ1n) is 3.26. The van der Waals surface area contributed by atoms with E-state index in [1.807, 2.05) is 0 Å². The highest BCUT2D eigenvalue weighted by molar-refractivity contribution is 5.68. The Balaban J connectivity index is 4.71. The molecule has 0 saturated heterocycles. The summed E-state index contributed by atoms with van der Waals surface area (Å²) in [5.41, 5.74) is 0. The molecule has 0 unspecified atom stereocenters. The van der Waals surface area contributed by atoms with Crippen LogP contribution in [0, 0.1) is 0 Å². The average Bonchev–Trinajstić information content (AvgIpc) is 2.12. The number of hydrogen-bond acceptors (Lipinski definition) is 2. The molecule has 0 amide bonds. The molecule has 0 aromatic carbocycles. The van der Waals surface area contributed by atoms with E-state index in [9.17, 15) is 31.1 Å². The Morgan fingerprint density at radius 3 is 2.13 bits per heavy atom. The van der Waals surface area contributed by atoms with Crippen LogP contribution in [0.3, 0.4) is 0 Å². The number of carboxylic acids is 1. The second-order valence-corrected chi connectivity index (χ2v) is 2.16. The number of rotatable bonds is 5. The van der Waals surface area contributed by atoms with Crippen molar-refractivity contribution in [2.24, 2.45) is 0 Å². The maximum atomic E-state index is 12.3. The zero-order valence-electron chi connectivity index (χ0n) is 6.82. The molecule has 0 bridgehead atoms. The molecule has 0 radical (unpaired) electrons. The van der Waals surface area contributed by atoms with Crippen molar-refractivity contribution in [3.8, 4) is 0 Å². The van der Waals surface area contributed by atoms with Crippen molar-refractivity contribution in [3.05, 3.63) is 11.7 Å². The van der Waals surface area contributed by atoms with E-state index in [-0.39, 0.29) is 0 Å². The van der Waals surface area contributed by atoms with Crippen molar-refractivity contribution in [2.45, 2.75) is 12.5 Å². The van der Waals surface area contributed by atoms with E-state index in [2.05, 4.69) is 4.74 Å². The highest BCUT2D eigenvalue weighted by atomic mass is 19.3. The number of allylic oxidation sites excluding steroid dienone is 1. The van der Waals surface area contributed by atoms with Crippen LogP contribution in [0.1, 0.15) is 0 Å². The van der Waals surface area contributed by atoms with Gasteiger partial charge >= 0.3 is 12.1 Å². The van der Waals surface area contributed by atoms with Crippen molar-refractivity contribution in [2.75, 3.05) is 6.61 Å². The number of alkyl halides is 4. The SMILES string of the molecule is O=C(O)COC(F)(F)C(F)=C(F)C(F)F. The standard InChI is InChI=1S/C6H4F6O3/c7-3(5(9)10)4(8)6(11,12)15-1-2(13)14/h5H,1H2,(H,13,14). The maximum absolute atomic E-state index is 12.3. The fraction of sp³-hybridized carbons (Fsp3) is 0.500. The van der Waals surface area contributed by atoms with Gasteiger partial charge in [-0.1, -0.05) is 0 Å². The van der Waals surface area contributed by atoms with Gasteiger partial charge < -0.3 is 9.84 Å². The molecule has 0 heterocycles. The molecule has 0 rings (SSSR count). The van der Waals surface area contributed by atoms with Crippen LogP contribution in [-0.4, -0.2) is 30.2 Å². The first-order chi connectivity index (χ1) is 6.68. The van der Waals surface area contributed by atoms with E-state index in [0.29, 0.717) is 0 Å². The molecule has 0 aromatic rings. The lowest BCUT2D eigenvalue weighted by Crippen LogP contribution is -2.26. The first kappa shape index (κ1) is 13.8. The Morgan fingerprint density at radius 1 is 1.33 bits per heavy atom. The number of carbonyl (C=O) groups is 1. The van der Waals surface area contributed by atoms with E-state index in [4.69, 9.17) is 5.11 Å². The topological polar surface area (TPSA) is 46.5 Å². The second-order valence-electron chi connectivity index (χ2n) is 2.16. The average molecular weight is 238 g/mol. The summed E-state index contributed by atoms with van der Waals surface area (Å²) in [6, 6.07) is 0. The Morgan fingerprint density at radius 2 is 1.80 bits per heavy atom. The summed E-state index contributed by atoms with van der Waals surface area (Å²) in [6.45, 7) is -1.66. The summed E-state index contributed by atoms with van der Waals surface area (Å²) in [5, 5.41) is 7.87. The van der Waals surface area contributed by atoms with E-state index in [0.717, 1.165) is 0 Å². The molecule has 0 atom stereocenters. The predicted molar refractivity (Wildman–Crippen MR) is 33.8 cm³/mol. The second kappa shape index (κ2) is 5.01. The summed E-state index contributed by atoms with van der Waals surface area (Å²) in [5.74, 6) is -8.02. The van der Waals surface area contributed by atoms with Gasteiger partial charge in [-0.2, -0.15) is 13.2 Å². The van der Waals surface area contributed by atoms with Crippen LogP contribution in [0.15, 0.2) is 11.7 Å². The van der Waals surface area contributed by atoms with Crippen molar-refractivity contribution < 1.29 is 41.0 Å². The minimum Gasteiger partial charge on any atom is -0.480 e. The molecule has 0 aliphatic rings. The molecule has 0 spiro atoms. The van der Waals surface area contributed by atoms with Crippen LogP contribution in [0.25, 0.3) is 0 Å². The Labute approximate surface area is 78.9 Å². The lowest BCUT2D eigenvalue weighted by atomic mass is 10.4. The molecule has 9 heteroatoms. The molecule has 1 N–H and O–H groups in total. The van der Waals surface area contributed by atoms with Crippen LogP contribution in [0.4, 0.5) is 26.3 Å². The molecule has 88 valence electrons. The molecule has 0 saturated carbocycles. The van der Waals surface area contributed by atoms with Crippen molar-refractivity contribution in [1.82, 2.24) is 0 Å². The Hall–Kier alpha value is -1.25. The number of ether oxygens (including phenoxy) is 1. The fourth-order valence-electron chi connectivity index (χ4n) is 0.451. The van der Waals surface area contributed by atoms with Gasteiger partial charge in [0.25, 0.3) is 6.43 Å². The van der Waals surface area contributed by atoms with Gasteiger partial charge in [-0.15, -0.1) is 0 Å². The third-order valence-electron chi connectivity index (χ3n) is 1.03. The first-order valence-corrected chi connectivity index (χ1v) is 3.26. The van der Waals surface area contributed by atoms with Crippen LogP contribution < -0.4 is 0 Å². The monoisotopic (exact) mass is 238 g/mol. The number of hydrogen-bond donors (Lipinski definition) is 1. The third-order valence-corrected chi connectivity index (χ3v) is 1.03. The molecule has 0 aliphatic carbocycles. The quantitative estimate of drug-likeness (QED) is 0.746. The fourth-order valence-corrected chi connectivity index (χ4v) is 0.451. The summed E-state index contributed by atoms with van der Waals surface area (Å²) < 4.78 is 74.8. The van der Waals surface area contributed by atoms with Crippen LogP contribution in [0.2, 0.25) is 0 Å². The van der Waals surface area contributed by atoms with Gasteiger partial charge in [0, 0.05) is 0 Å². The van der Waals surface area contributed by atoms with Gasteiger partial charge in [-0.25, -0.2) is 18.0 Å². The summed E-state index contributed by atoms with van der Waals surface area (Å²) >= 11 is 0. The van der Waals surface area contributed by atoms with Crippen molar-refractivity contribution >= 4 is 5.97 Å².